The zero-order chi connectivity index (χ0) is 18.5. The highest BCUT2D eigenvalue weighted by Crippen LogP contribution is 2.28. The number of carboxylic acid groups (broad SMARTS) is 1. The van der Waals surface area contributed by atoms with Gasteiger partial charge in [-0.15, -0.1) is 0 Å². The molecular formula is C18H27NO5. The minimum atomic E-state index is -1.03. The molecule has 1 rings (SSSR count). The second kappa shape index (κ2) is 8.15. The van der Waals surface area contributed by atoms with E-state index in [0.717, 1.165) is 5.56 Å². The summed E-state index contributed by atoms with van der Waals surface area (Å²) in [4.78, 5) is 23.7. The first-order valence-electron chi connectivity index (χ1n) is 7.94. The zero-order valence-electron chi connectivity index (χ0n) is 15.2. The maximum Gasteiger partial charge on any atom is 0.412 e. The fourth-order valence-corrected chi connectivity index (χ4v) is 2.22. The van der Waals surface area contributed by atoms with Crippen molar-refractivity contribution in [3.05, 3.63) is 28.8 Å². The number of benzene rings is 1. The quantitative estimate of drug-likeness (QED) is 0.818. The highest BCUT2D eigenvalue weighted by molar-refractivity contribution is 5.94. The van der Waals surface area contributed by atoms with E-state index in [1.54, 1.807) is 40.0 Å². The van der Waals surface area contributed by atoms with E-state index in [1.807, 2.05) is 13.8 Å². The first-order chi connectivity index (χ1) is 11.0. The van der Waals surface area contributed by atoms with Crippen LogP contribution in [-0.4, -0.2) is 36.5 Å². The first kappa shape index (κ1) is 20.0. The van der Waals surface area contributed by atoms with E-state index in [1.165, 1.54) is 0 Å². The predicted octanol–water partition coefficient (Wildman–Crippen LogP) is 4.04. The molecular weight excluding hydrogens is 310 g/mol. The topological polar surface area (TPSA) is 84.9 Å². The molecule has 0 aliphatic heterocycles. The van der Waals surface area contributed by atoms with Crippen LogP contribution in [0.25, 0.3) is 0 Å². The van der Waals surface area contributed by atoms with Crippen LogP contribution < -0.4 is 5.32 Å². The fourth-order valence-electron chi connectivity index (χ4n) is 2.22. The number of carboxylic acids is 1. The number of ether oxygens (including phenoxy) is 2. The molecule has 0 saturated carbocycles. The minimum absolute atomic E-state index is 0.124. The first-order valence-corrected chi connectivity index (χ1v) is 7.94. The van der Waals surface area contributed by atoms with Crippen molar-refractivity contribution in [1.82, 2.24) is 0 Å². The number of hydrogen-bond acceptors (Lipinski definition) is 4. The van der Waals surface area contributed by atoms with Crippen molar-refractivity contribution in [3.8, 4) is 0 Å². The molecule has 0 fully saturated rings. The van der Waals surface area contributed by atoms with Crippen LogP contribution in [0.2, 0.25) is 0 Å². The van der Waals surface area contributed by atoms with Gasteiger partial charge in [-0.2, -0.15) is 0 Å². The molecule has 0 bridgehead atoms. The fraction of sp³-hybridized carbons (Fsp3) is 0.556. The van der Waals surface area contributed by atoms with Crippen LogP contribution in [0, 0.1) is 0 Å². The van der Waals surface area contributed by atoms with Gasteiger partial charge < -0.3 is 14.6 Å². The third-order valence-electron chi connectivity index (χ3n) is 3.36. The van der Waals surface area contributed by atoms with Gasteiger partial charge in [0, 0.05) is 12.8 Å². The molecule has 0 aliphatic rings. The summed E-state index contributed by atoms with van der Waals surface area (Å²) in [5.74, 6) is -0.908. The highest BCUT2D eigenvalue weighted by Gasteiger charge is 2.21. The highest BCUT2D eigenvalue weighted by atomic mass is 16.6. The molecule has 6 heteroatoms. The summed E-state index contributed by atoms with van der Waals surface area (Å²) in [5.41, 5.74) is 1.34. The second-order valence-electron chi connectivity index (χ2n) is 6.92. The monoisotopic (exact) mass is 337 g/mol. The molecule has 1 aromatic carbocycles. The Morgan fingerprint density at radius 2 is 1.88 bits per heavy atom. The number of carbonyl (C=O) groups excluding carboxylic acids is 1. The largest absolute Gasteiger partial charge is 0.478 e. The van der Waals surface area contributed by atoms with E-state index < -0.39 is 17.7 Å². The third-order valence-corrected chi connectivity index (χ3v) is 3.36. The average molecular weight is 337 g/mol. The number of anilines is 1. The van der Waals surface area contributed by atoms with Crippen molar-refractivity contribution in [2.45, 2.75) is 52.6 Å². The van der Waals surface area contributed by atoms with Crippen LogP contribution >= 0.6 is 0 Å². The lowest BCUT2D eigenvalue weighted by atomic mass is 9.94. The lowest BCUT2D eigenvalue weighted by Crippen LogP contribution is -2.28. The summed E-state index contributed by atoms with van der Waals surface area (Å²) in [6.45, 7) is 9.59. The number of nitrogens with one attached hydrogen (secondary N) is 1. The van der Waals surface area contributed by atoms with Crippen molar-refractivity contribution < 1.29 is 24.2 Å². The van der Waals surface area contributed by atoms with E-state index in [0.29, 0.717) is 24.3 Å². The van der Waals surface area contributed by atoms with Gasteiger partial charge in [0.2, 0.25) is 0 Å². The maximum atomic E-state index is 12.1. The molecule has 0 aromatic heterocycles. The average Bonchev–Trinajstić information content (AvgIpc) is 2.42. The SMILES string of the molecule is COCCc1c(NC(=O)OC(C)(C)C)cc(C(C)C)cc1C(=O)O. The van der Waals surface area contributed by atoms with Gasteiger partial charge in [0.15, 0.2) is 0 Å². The minimum Gasteiger partial charge on any atom is -0.478 e. The normalized spacial score (nSPS) is 11.5. The van der Waals surface area contributed by atoms with E-state index in [2.05, 4.69) is 5.32 Å². The molecule has 1 aromatic rings. The summed E-state index contributed by atoms with van der Waals surface area (Å²) in [6.07, 6.45) is -0.236. The maximum absolute atomic E-state index is 12.1. The van der Waals surface area contributed by atoms with Gasteiger partial charge in [-0.05, 0) is 56.4 Å². The van der Waals surface area contributed by atoms with Crippen LogP contribution in [0.4, 0.5) is 10.5 Å². The molecule has 0 radical (unpaired) electrons. The van der Waals surface area contributed by atoms with Gasteiger partial charge in [0.1, 0.15) is 5.60 Å². The second-order valence-corrected chi connectivity index (χ2v) is 6.92. The number of carbonyl (C=O) groups is 2. The molecule has 0 saturated heterocycles. The van der Waals surface area contributed by atoms with Gasteiger partial charge in [-0.25, -0.2) is 9.59 Å². The molecule has 0 aliphatic carbocycles. The number of aromatic carboxylic acids is 1. The molecule has 0 unspecified atom stereocenters. The van der Waals surface area contributed by atoms with Crippen LogP contribution in [0.3, 0.4) is 0 Å². The Hall–Kier alpha value is -2.08. The Balaban J connectivity index is 3.31. The Morgan fingerprint density at radius 1 is 1.25 bits per heavy atom. The van der Waals surface area contributed by atoms with Crippen molar-refractivity contribution in [1.29, 1.82) is 0 Å². The summed E-state index contributed by atoms with van der Waals surface area (Å²) >= 11 is 0. The molecule has 0 heterocycles. The van der Waals surface area contributed by atoms with E-state index in [4.69, 9.17) is 9.47 Å². The molecule has 0 spiro atoms. The number of rotatable bonds is 6. The summed E-state index contributed by atoms with van der Waals surface area (Å²) in [6, 6.07) is 3.45. The Labute approximate surface area is 143 Å². The summed E-state index contributed by atoms with van der Waals surface area (Å²) in [5, 5.41) is 12.2. The zero-order valence-corrected chi connectivity index (χ0v) is 15.2. The number of methoxy groups -OCH3 is 1. The third kappa shape index (κ3) is 5.85. The predicted molar refractivity (Wildman–Crippen MR) is 92.9 cm³/mol. The Bertz CT molecular complexity index is 602. The number of amides is 1. The van der Waals surface area contributed by atoms with Gasteiger partial charge >= 0.3 is 12.1 Å². The summed E-state index contributed by atoms with van der Waals surface area (Å²) in [7, 11) is 1.55. The van der Waals surface area contributed by atoms with E-state index in [9.17, 15) is 14.7 Å². The van der Waals surface area contributed by atoms with Crippen LogP contribution in [0.1, 0.15) is 62.0 Å². The smallest absolute Gasteiger partial charge is 0.412 e. The summed E-state index contributed by atoms with van der Waals surface area (Å²) < 4.78 is 10.3. The molecule has 24 heavy (non-hydrogen) atoms. The molecule has 1 amide bonds. The molecule has 134 valence electrons. The Kier molecular flexibility index (Phi) is 6.78. The molecule has 0 atom stereocenters. The van der Waals surface area contributed by atoms with Crippen LogP contribution in [-0.2, 0) is 15.9 Å². The Morgan fingerprint density at radius 3 is 2.33 bits per heavy atom. The van der Waals surface area contributed by atoms with Crippen molar-refractivity contribution in [2.75, 3.05) is 19.0 Å². The van der Waals surface area contributed by atoms with Gasteiger partial charge in [0.05, 0.1) is 12.2 Å². The lowest BCUT2D eigenvalue weighted by Gasteiger charge is -2.22. The van der Waals surface area contributed by atoms with Gasteiger partial charge in [-0.3, -0.25) is 5.32 Å². The van der Waals surface area contributed by atoms with Crippen molar-refractivity contribution >= 4 is 17.7 Å². The molecule has 6 nitrogen and oxygen atoms in total. The van der Waals surface area contributed by atoms with Gasteiger partial charge in [-0.1, -0.05) is 13.8 Å². The van der Waals surface area contributed by atoms with E-state index >= 15 is 0 Å². The standard InChI is InChI=1S/C18H27NO5/c1-11(2)12-9-14(16(20)21)13(7-8-23-6)15(10-12)19-17(22)24-18(3,4)5/h9-11H,7-8H2,1-6H3,(H,19,22)(H,20,21). The molecule has 2 N–H and O–H groups in total. The van der Waals surface area contributed by atoms with Crippen LogP contribution in [0.15, 0.2) is 12.1 Å². The number of hydrogen-bond donors (Lipinski definition) is 2. The van der Waals surface area contributed by atoms with Crippen LogP contribution in [0.5, 0.6) is 0 Å². The van der Waals surface area contributed by atoms with E-state index in [-0.39, 0.29) is 11.5 Å². The van der Waals surface area contributed by atoms with Crippen molar-refractivity contribution in [3.63, 3.8) is 0 Å². The lowest BCUT2D eigenvalue weighted by molar-refractivity contribution is 0.0632. The van der Waals surface area contributed by atoms with Gasteiger partial charge in [0.25, 0.3) is 0 Å². The van der Waals surface area contributed by atoms with Crippen molar-refractivity contribution in [2.24, 2.45) is 0 Å².